The van der Waals surface area contributed by atoms with Gasteiger partial charge < -0.3 is 15.6 Å². The molecular weight excluding hydrogens is 350 g/mol. The second-order valence-electron chi connectivity index (χ2n) is 8.91. The Kier molecular flexibility index (Phi) is 11.0. The Morgan fingerprint density at radius 1 is 1.00 bits per heavy atom. The quantitative estimate of drug-likeness (QED) is 0.369. The topological polar surface area (TPSA) is 72.6 Å². The zero-order chi connectivity index (χ0) is 21.0. The molecule has 1 rings (SSSR count). The summed E-state index contributed by atoms with van der Waals surface area (Å²) in [5.74, 6) is 0.394. The van der Waals surface area contributed by atoms with Crippen molar-refractivity contribution in [2.24, 2.45) is 5.73 Å². The number of primary amides is 1. The molecule has 0 heterocycles. The summed E-state index contributed by atoms with van der Waals surface area (Å²) >= 11 is 0. The van der Waals surface area contributed by atoms with Gasteiger partial charge in [-0.05, 0) is 36.5 Å². The molecule has 0 aliphatic carbocycles. The van der Waals surface area contributed by atoms with Crippen LogP contribution in [0.3, 0.4) is 0 Å². The van der Waals surface area contributed by atoms with Crippen LogP contribution in [0, 0.1) is 0 Å². The number of ether oxygens (including phenoxy) is 1. The highest BCUT2D eigenvalue weighted by Gasteiger charge is 2.21. The molecule has 3 N–H and O–H groups in total. The van der Waals surface area contributed by atoms with E-state index in [-0.39, 0.29) is 11.2 Å². The fourth-order valence-electron chi connectivity index (χ4n) is 3.43. The number of carbonyl (C=O) groups is 1. The minimum Gasteiger partial charge on any atom is -0.508 e. The maximum Gasteiger partial charge on any atom is 0.258 e. The van der Waals surface area contributed by atoms with Gasteiger partial charge in [0.05, 0.1) is 0 Å². The summed E-state index contributed by atoms with van der Waals surface area (Å²) in [5, 5.41) is 10.1. The Morgan fingerprint density at radius 3 is 2.04 bits per heavy atom. The van der Waals surface area contributed by atoms with Crippen molar-refractivity contribution in [3.05, 3.63) is 23.8 Å². The number of rotatable bonds is 14. The molecule has 0 aromatic heterocycles. The number of hydrogen-bond acceptors (Lipinski definition) is 3. The van der Waals surface area contributed by atoms with Crippen molar-refractivity contribution in [1.29, 1.82) is 0 Å². The van der Waals surface area contributed by atoms with E-state index in [1.54, 1.807) is 12.1 Å². The highest BCUT2D eigenvalue weighted by molar-refractivity contribution is 5.79. The van der Waals surface area contributed by atoms with Crippen LogP contribution in [0.15, 0.2) is 18.2 Å². The van der Waals surface area contributed by atoms with Gasteiger partial charge in [0.2, 0.25) is 0 Å². The van der Waals surface area contributed by atoms with Crippen molar-refractivity contribution in [3.8, 4) is 11.5 Å². The van der Waals surface area contributed by atoms with Crippen molar-refractivity contribution in [2.45, 2.75) is 110 Å². The van der Waals surface area contributed by atoms with Gasteiger partial charge >= 0.3 is 0 Å². The fourth-order valence-corrected chi connectivity index (χ4v) is 3.43. The fraction of sp³-hybridized carbons (Fsp3) is 0.708. The predicted molar refractivity (Wildman–Crippen MR) is 117 cm³/mol. The van der Waals surface area contributed by atoms with E-state index in [1.165, 1.54) is 51.4 Å². The van der Waals surface area contributed by atoms with Gasteiger partial charge in [-0.3, -0.25) is 4.79 Å². The van der Waals surface area contributed by atoms with Crippen molar-refractivity contribution < 1.29 is 14.6 Å². The molecule has 1 unspecified atom stereocenters. The van der Waals surface area contributed by atoms with Crippen LogP contribution in [0.5, 0.6) is 11.5 Å². The largest absolute Gasteiger partial charge is 0.508 e. The van der Waals surface area contributed by atoms with Crippen LogP contribution >= 0.6 is 0 Å². The van der Waals surface area contributed by atoms with Gasteiger partial charge in [0.15, 0.2) is 6.10 Å². The molecule has 1 aromatic rings. The van der Waals surface area contributed by atoms with Crippen molar-refractivity contribution in [2.75, 3.05) is 0 Å². The minimum absolute atomic E-state index is 0.206. The van der Waals surface area contributed by atoms with Crippen LogP contribution in [0.25, 0.3) is 0 Å². The van der Waals surface area contributed by atoms with E-state index in [2.05, 4.69) is 6.92 Å². The summed E-state index contributed by atoms with van der Waals surface area (Å²) in [6.07, 6.45) is 12.5. The van der Waals surface area contributed by atoms with Crippen LogP contribution < -0.4 is 10.5 Å². The molecule has 1 atom stereocenters. The molecule has 0 aliphatic rings. The monoisotopic (exact) mass is 391 g/mol. The molecule has 1 amide bonds. The van der Waals surface area contributed by atoms with Crippen LogP contribution in [0.1, 0.15) is 104 Å². The average Bonchev–Trinajstić information content (AvgIpc) is 2.62. The Labute approximate surface area is 171 Å². The lowest BCUT2D eigenvalue weighted by Gasteiger charge is -2.22. The third-order valence-electron chi connectivity index (χ3n) is 5.19. The van der Waals surface area contributed by atoms with Gasteiger partial charge in [-0.25, -0.2) is 0 Å². The Hall–Kier alpha value is -1.71. The minimum atomic E-state index is -0.619. The zero-order valence-corrected chi connectivity index (χ0v) is 18.4. The molecule has 1 aromatic carbocycles. The van der Waals surface area contributed by atoms with Crippen molar-refractivity contribution in [1.82, 2.24) is 0 Å². The van der Waals surface area contributed by atoms with E-state index in [4.69, 9.17) is 10.5 Å². The number of benzene rings is 1. The number of phenols is 1. The summed E-state index contributed by atoms with van der Waals surface area (Å²) < 4.78 is 5.86. The maximum absolute atomic E-state index is 11.8. The lowest BCUT2D eigenvalue weighted by molar-refractivity contribution is -0.125. The molecule has 160 valence electrons. The third kappa shape index (κ3) is 9.48. The Bertz CT molecular complexity index is 578. The molecule has 0 saturated carbocycles. The number of aromatic hydroxyl groups is 1. The van der Waals surface area contributed by atoms with E-state index in [0.29, 0.717) is 12.2 Å². The lowest BCUT2D eigenvalue weighted by atomic mass is 9.86. The number of nitrogens with two attached hydrogens (primary N) is 1. The maximum atomic E-state index is 11.8. The summed E-state index contributed by atoms with van der Waals surface area (Å²) in [4.78, 5) is 11.8. The number of carbonyl (C=O) groups excluding carboxylic acids is 1. The van der Waals surface area contributed by atoms with Gasteiger partial charge in [0.25, 0.3) is 5.91 Å². The first kappa shape index (κ1) is 24.3. The molecule has 28 heavy (non-hydrogen) atoms. The second kappa shape index (κ2) is 12.7. The third-order valence-corrected chi connectivity index (χ3v) is 5.19. The second-order valence-corrected chi connectivity index (χ2v) is 8.91. The summed E-state index contributed by atoms with van der Waals surface area (Å²) in [7, 11) is 0. The first-order valence-corrected chi connectivity index (χ1v) is 11.0. The smallest absolute Gasteiger partial charge is 0.258 e. The highest BCUT2D eigenvalue weighted by Crippen LogP contribution is 2.33. The average molecular weight is 392 g/mol. The first-order chi connectivity index (χ1) is 13.3. The van der Waals surface area contributed by atoms with Gasteiger partial charge in [-0.1, -0.05) is 85.5 Å². The predicted octanol–water partition coefficient (Wildman–Crippen LogP) is 6.23. The molecule has 0 bridgehead atoms. The van der Waals surface area contributed by atoms with Crippen LogP contribution in [-0.2, 0) is 10.2 Å². The SMILES string of the molecule is CCCCCCCCCCCCC(Oc1ccc(O)c(C(C)(C)C)c1)C(N)=O. The molecule has 0 spiro atoms. The van der Waals surface area contributed by atoms with Crippen LogP contribution in [0.2, 0.25) is 0 Å². The van der Waals surface area contributed by atoms with E-state index < -0.39 is 12.0 Å². The Balaban J connectivity index is 2.37. The van der Waals surface area contributed by atoms with E-state index >= 15 is 0 Å². The molecule has 0 fully saturated rings. The highest BCUT2D eigenvalue weighted by atomic mass is 16.5. The standard InChI is InChI=1S/C24H41NO3/c1-5-6-7-8-9-10-11-12-13-14-15-22(23(25)27)28-19-16-17-21(26)20(18-19)24(2,3)4/h16-18,22,26H,5-15H2,1-4H3,(H2,25,27). The number of hydrogen-bond donors (Lipinski definition) is 2. The Morgan fingerprint density at radius 2 is 1.54 bits per heavy atom. The molecule has 4 nitrogen and oxygen atoms in total. The normalized spacial score (nSPS) is 12.7. The number of phenolic OH excluding ortho intramolecular Hbond substituents is 1. The van der Waals surface area contributed by atoms with E-state index in [1.807, 2.05) is 26.8 Å². The van der Waals surface area contributed by atoms with Gasteiger partial charge in [0, 0.05) is 5.56 Å². The van der Waals surface area contributed by atoms with Gasteiger partial charge in [-0.15, -0.1) is 0 Å². The summed E-state index contributed by atoms with van der Waals surface area (Å²) in [5.41, 5.74) is 6.14. The molecule has 0 radical (unpaired) electrons. The molecule has 0 aliphatic heterocycles. The van der Waals surface area contributed by atoms with Crippen molar-refractivity contribution >= 4 is 5.91 Å². The van der Waals surface area contributed by atoms with Crippen LogP contribution in [-0.4, -0.2) is 17.1 Å². The van der Waals surface area contributed by atoms with Gasteiger partial charge in [0.1, 0.15) is 11.5 Å². The molecule has 0 saturated heterocycles. The van der Waals surface area contributed by atoms with Crippen LogP contribution in [0.4, 0.5) is 0 Å². The van der Waals surface area contributed by atoms with E-state index in [0.717, 1.165) is 18.4 Å². The van der Waals surface area contributed by atoms with E-state index in [9.17, 15) is 9.90 Å². The number of amides is 1. The molecule has 4 heteroatoms. The van der Waals surface area contributed by atoms with Gasteiger partial charge in [-0.2, -0.15) is 0 Å². The zero-order valence-electron chi connectivity index (χ0n) is 18.4. The summed E-state index contributed by atoms with van der Waals surface area (Å²) in [6, 6.07) is 5.12. The summed E-state index contributed by atoms with van der Waals surface area (Å²) in [6.45, 7) is 8.33. The molecular formula is C24H41NO3. The number of unbranched alkanes of at least 4 members (excludes halogenated alkanes) is 9. The van der Waals surface area contributed by atoms with Crippen molar-refractivity contribution in [3.63, 3.8) is 0 Å². The lowest BCUT2D eigenvalue weighted by Crippen LogP contribution is -2.33. The first-order valence-electron chi connectivity index (χ1n) is 11.0.